The van der Waals surface area contributed by atoms with E-state index < -0.39 is 23.0 Å². The van der Waals surface area contributed by atoms with Crippen molar-refractivity contribution in [2.75, 3.05) is 13.7 Å². The molecule has 0 aromatic heterocycles. The lowest BCUT2D eigenvalue weighted by atomic mass is 9.95. The smallest absolute Gasteiger partial charge is 0.314 e. The summed E-state index contributed by atoms with van der Waals surface area (Å²) in [6, 6.07) is 2.99. The van der Waals surface area contributed by atoms with E-state index >= 15 is 0 Å². The van der Waals surface area contributed by atoms with Crippen LogP contribution in [0.25, 0.3) is 0 Å². The molecular weight excluding hydrogens is 230 g/mol. The van der Waals surface area contributed by atoms with Gasteiger partial charge in [0.25, 0.3) is 0 Å². The molecule has 0 saturated heterocycles. The van der Waals surface area contributed by atoms with Gasteiger partial charge in [-0.2, -0.15) is 0 Å². The summed E-state index contributed by atoms with van der Waals surface area (Å²) in [4.78, 5) is 11.3. The minimum absolute atomic E-state index is 0.0533. The zero-order valence-electron chi connectivity index (χ0n) is 9.92. The number of ether oxygens (including phenoxy) is 2. The van der Waals surface area contributed by atoms with Gasteiger partial charge in [0.15, 0.2) is 11.6 Å². The minimum atomic E-state index is -0.893. The average Bonchev–Trinajstić information content (AvgIpc) is 2.26. The van der Waals surface area contributed by atoms with Crippen LogP contribution in [0.4, 0.5) is 8.78 Å². The van der Waals surface area contributed by atoms with E-state index in [2.05, 4.69) is 4.74 Å². The van der Waals surface area contributed by atoms with Crippen LogP contribution in [0, 0.1) is 17.0 Å². The number of rotatable bonds is 4. The summed E-state index contributed by atoms with van der Waals surface area (Å²) >= 11 is 0. The van der Waals surface area contributed by atoms with Crippen molar-refractivity contribution >= 4 is 5.97 Å². The Hall–Kier alpha value is -1.65. The number of methoxy groups -OCH3 is 1. The van der Waals surface area contributed by atoms with Crippen LogP contribution >= 0.6 is 0 Å². The second-order valence-corrected chi connectivity index (χ2v) is 4.24. The van der Waals surface area contributed by atoms with Crippen LogP contribution in [0.3, 0.4) is 0 Å². The van der Waals surface area contributed by atoms with Gasteiger partial charge in [0.1, 0.15) is 12.4 Å². The lowest BCUT2D eigenvalue weighted by Crippen LogP contribution is -2.32. The summed E-state index contributed by atoms with van der Waals surface area (Å²) in [5.74, 6) is -2.03. The molecule has 0 N–H and O–H groups in total. The predicted octanol–water partition coefficient (Wildman–Crippen LogP) is 2.54. The molecular formula is C12H14F2O3. The highest BCUT2D eigenvalue weighted by molar-refractivity contribution is 5.75. The van der Waals surface area contributed by atoms with Gasteiger partial charge in [-0.05, 0) is 26.0 Å². The van der Waals surface area contributed by atoms with Gasteiger partial charge < -0.3 is 9.47 Å². The van der Waals surface area contributed by atoms with Crippen molar-refractivity contribution in [2.45, 2.75) is 13.8 Å². The molecule has 0 unspecified atom stereocenters. The molecule has 0 heterocycles. The first-order valence-corrected chi connectivity index (χ1v) is 5.03. The molecule has 0 bridgehead atoms. The van der Waals surface area contributed by atoms with Gasteiger partial charge in [0, 0.05) is 6.07 Å². The minimum Gasteiger partial charge on any atom is -0.489 e. The summed E-state index contributed by atoms with van der Waals surface area (Å²) in [5, 5.41) is 0. The van der Waals surface area contributed by atoms with Crippen molar-refractivity contribution in [1.82, 2.24) is 0 Å². The van der Waals surface area contributed by atoms with E-state index in [0.29, 0.717) is 0 Å². The first-order chi connectivity index (χ1) is 7.86. The Kier molecular flexibility index (Phi) is 4.04. The predicted molar refractivity (Wildman–Crippen MR) is 57.7 cm³/mol. The highest BCUT2D eigenvalue weighted by Gasteiger charge is 2.30. The van der Waals surface area contributed by atoms with Crippen LogP contribution < -0.4 is 4.74 Å². The van der Waals surface area contributed by atoms with Crippen LogP contribution in [0.5, 0.6) is 5.75 Å². The van der Waals surface area contributed by atoms with E-state index in [1.54, 1.807) is 13.8 Å². The van der Waals surface area contributed by atoms with Crippen LogP contribution in [-0.2, 0) is 9.53 Å². The number of esters is 1. The molecule has 0 radical (unpaired) electrons. The molecule has 0 amide bonds. The molecule has 0 spiro atoms. The molecule has 0 saturated carbocycles. The van der Waals surface area contributed by atoms with Gasteiger partial charge in [-0.1, -0.05) is 0 Å². The monoisotopic (exact) mass is 244 g/mol. The van der Waals surface area contributed by atoms with Crippen LogP contribution in [-0.4, -0.2) is 19.7 Å². The third-order valence-electron chi connectivity index (χ3n) is 2.22. The van der Waals surface area contributed by atoms with Gasteiger partial charge >= 0.3 is 5.97 Å². The normalized spacial score (nSPS) is 11.1. The summed E-state index contributed by atoms with van der Waals surface area (Å²) < 4.78 is 35.6. The standard InChI is InChI=1S/C12H14F2O3/c1-12(2,11(15)16-3)7-17-10-5-4-8(13)6-9(10)14/h4-6H,7H2,1-3H3. The van der Waals surface area contributed by atoms with Gasteiger partial charge in [0.05, 0.1) is 12.5 Å². The zero-order valence-corrected chi connectivity index (χ0v) is 9.92. The summed E-state index contributed by atoms with van der Waals surface area (Å²) in [5.41, 5.74) is -0.893. The molecule has 94 valence electrons. The van der Waals surface area contributed by atoms with Crippen molar-refractivity contribution in [3.05, 3.63) is 29.8 Å². The van der Waals surface area contributed by atoms with Crippen LogP contribution in [0.1, 0.15) is 13.8 Å². The second kappa shape index (κ2) is 5.12. The van der Waals surface area contributed by atoms with E-state index in [9.17, 15) is 13.6 Å². The fourth-order valence-corrected chi connectivity index (χ4v) is 1.19. The number of carbonyl (C=O) groups is 1. The fourth-order valence-electron chi connectivity index (χ4n) is 1.19. The molecule has 0 aliphatic carbocycles. The molecule has 1 rings (SSSR count). The second-order valence-electron chi connectivity index (χ2n) is 4.24. The number of carbonyl (C=O) groups excluding carboxylic acids is 1. The summed E-state index contributed by atoms with van der Waals surface area (Å²) in [6.07, 6.45) is 0. The zero-order chi connectivity index (χ0) is 13.1. The Morgan fingerprint density at radius 3 is 2.53 bits per heavy atom. The lowest BCUT2D eigenvalue weighted by Gasteiger charge is -2.21. The van der Waals surface area contributed by atoms with Crippen molar-refractivity contribution in [2.24, 2.45) is 5.41 Å². The van der Waals surface area contributed by atoms with Crippen molar-refractivity contribution in [3.63, 3.8) is 0 Å². The Morgan fingerprint density at radius 1 is 1.35 bits per heavy atom. The number of hydrogen-bond acceptors (Lipinski definition) is 3. The molecule has 1 aromatic carbocycles. The lowest BCUT2D eigenvalue weighted by molar-refractivity contribution is -0.152. The highest BCUT2D eigenvalue weighted by Crippen LogP contribution is 2.22. The van der Waals surface area contributed by atoms with E-state index in [1.807, 2.05) is 0 Å². The molecule has 0 fully saturated rings. The van der Waals surface area contributed by atoms with E-state index in [1.165, 1.54) is 13.2 Å². The topological polar surface area (TPSA) is 35.5 Å². The van der Waals surface area contributed by atoms with Crippen molar-refractivity contribution in [3.8, 4) is 5.75 Å². The van der Waals surface area contributed by atoms with Crippen LogP contribution in [0.15, 0.2) is 18.2 Å². The first kappa shape index (κ1) is 13.4. The Morgan fingerprint density at radius 2 is 2.00 bits per heavy atom. The van der Waals surface area contributed by atoms with E-state index in [-0.39, 0.29) is 12.4 Å². The Bertz CT molecular complexity index is 416. The number of benzene rings is 1. The highest BCUT2D eigenvalue weighted by atomic mass is 19.1. The van der Waals surface area contributed by atoms with Crippen LogP contribution in [0.2, 0.25) is 0 Å². The first-order valence-electron chi connectivity index (χ1n) is 5.03. The van der Waals surface area contributed by atoms with Crippen molar-refractivity contribution in [1.29, 1.82) is 0 Å². The largest absolute Gasteiger partial charge is 0.489 e. The maximum Gasteiger partial charge on any atom is 0.314 e. The Balaban J connectivity index is 2.70. The SMILES string of the molecule is COC(=O)C(C)(C)COc1ccc(F)cc1F. The molecule has 5 heteroatoms. The Labute approximate surface area is 98.3 Å². The third-order valence-corrected chi connectivity index (χ3v) is 2.22. The van der Waals surface area contributed by atoms with Gasteiger partial charge in [-0.25, -0.2) is 8.78 Å². The molecule has 17 heavy (non-hydrogen) atoms. The number of hydrogen-bond donors (Lipinski definition) is 0. The van der Waals surface area contributed by atoms with Gasteiger partial charge in [-0.3, -0.25) is 4.79 Å². The summed E-state index contributed by atoms with van der Waals surface area (Å²) in [7, 11) is 1.27. The third kappa shape index (κ3) is 3.41. The van der Waals surface area contributed by atoms with E-state index in [4.69, 9.17) is 4.74 Å². The summed E-state index contributed by atoms with van der Waals surface area (Å²) in [6.45, 7) is 3.17. The van der Waals surface area contributed by atoms with Gasteiger partial charge in [0.2, 0.25) is 0 Å². The molecule has 0 aliphatic heterocycles. The molecule has 0 atom stereocenters. The van der Waals surface area contributed by atoms with E-state index in [0.717, 1.165) is 12.1 Å². The molecule has 0 aliphatic rings. The average molecular weight is 244 g/mol. The maximum atomic E-state index is 13.2. The number of halogens is 2. The maximum absolute atomic E-state index is 13.2. The van der Waals surface area contributed by atoms with Gasteiger partial charge in [-0.15, -0.1) is 0 Å². The molecule has 3 nitrogen and oxygen atoms in total. The fraction of sp³-hybridized carbons (Fsp3) is 0.417. The molecule has 1 aromatic rings. The quantitative estimate of drug-likeness (QED) is 0.763. The van der Waals surface area contributed by atoms with Crippen molar-refractivity contribution < 1.29 is 23.0 Å².